The minimum atomic E-state index is -1.71. The summed E-state index contributed by atoms with van der Waals surface area (Å²) in [5.41, 5.74) is 0. The summed E-state index contributed by atoms with van der Waals surface area (Å²) in [5.74, 6) is -4.72. The number of hydrogen-bond donors (Lipinski definition) is 1. The molecule has 0 amide bonds. The van der Waals surface area contributed by atoms with Gasteiger partial charge in [-0.3, -0.25) is 14.4 Å². The first-order valence-corrected chi connectivity index (χ1v) is 10.4. The average Bonchev–Trinajstić information content (AvgIpc) is 2.60. The molecule has 174 valence electrons. The molecule has 0 spiro atoms. The van der Waals surface area contributed by atoms with Crippen LogP contribution in [-0.4, -0.2) is 61.0 Å². The van der Waals surface area contributed by atoms with E-state index in [1.54, 1.807) is 0 Å². The Morgan fingerprint density at radius 1 is 0.767 bits per heavy atom. The summed E-state index contributed by atoms with van der Waals surface area (Å²) in [5, 5.41) is 9.74. The van der Waals surface area contributed by atoms with Crippen LogP contribution in [0.15, 0.2) is 0 Å². The molecule has 1 aliphatic rings. The average molecular weight is 433 g/mol. The standard InChI is InChI=1S/C21H36O9/c1-14(2)7-17(23)26-11-21(30-19(25)9-16(5)6)13-27-20(10-22,12-28-21)29-18(24)8-15(3)4/h14-16,22H,7-13H2,1-6H3. The molecule has 30 heavy (non-hydrogen) atoms. The van der Waals surface area contributed by atoms with Gasteiger partial charge in [0.25, 0.3) is 11.6 Å². The number of carbonyl (C=O) groups excluding carboxylic acids is 3. The predicted octanol–water partition coefficient (Wildman–Crippen LogP) is 2.19. The van der Waals surface area contributed by atoms with E-state index in [1.807, 2.05) is 41.5 Å². The van der Waals surface area contributed by atoms with Gasteiger partial charge in [0.15, 0.2) is 6.61 Å². The molecule has 9 nitrogen and oxygen atoms in total. The number of rotatable bonds is 11. The Morgan fingerprint density at radius 2 is 1.17 bits per heavy atom. The van der Waals surface area contributed by atoms with Crippen LogP contribution < -0.4 is 0 Å². The van der Waals surface area contributed by atoms with Gasteiger partial charge >= 0.3 is 17.9 Å². The molecule has 1 N–H and O–H groups in total. The predicted molar refractivity (Wildman–Crippen MR) is 106 cm³/mol. The Labute approximate surface area is 178 Å². The molecule has 0 bridgehead atoms. The maximum absolute atomic E-state index is 12.2. The Morgan fingerprint density at radius 3 is 1.57 bits per heavy atom. The van der Waals surface area contributed by atoms with Crippen molar-refractivity contribution >= 4 is 17.9 Å². The van der Waals surface area contributed by atoms with Crippen LogP contribution >= 0.6 is 0 Å². The van der Waals surface area contributed by atoms with E-state index < -0.39 is 36.1 Å². The Bertz CT molecular complexity index is 575. The van der Waals surface area contributed by atoms with Crippen molar-refractivity contribution in [1.82, 2.24) is 0 Å². The molecule has 0 aromatic heterocycles. The number of hydrogen-bond acceptors (Lipinski definition) is 9. The van der Waals surface area contributed by atoms with Crippen molar-refractivity contribution in [2.75, 3.05) is 26.4 Å². The Hall–Kier alpha value is -1.71. The molecular formula is C21H36O9. The maximum atomic E-state index is 12.2. The lowest BCUT2D eigenvalue weighted by Crippen LogP contribution is -2.60. The van der Waals surface area contributed by atoms with Crippen LogP contribution in [0.2, 0.25) is 0 Å². The van der Waals surface area contributed by atoms with E-state index in [9.17, 15) is 19.5 Å². The van der Waals surface area contributed by atoms with Gasteiger partial charge in [0.05, 0.1) is 0 Å². The van der Waals surface area contributed by atoms with Crippen LogP contribution in [-0.2, 0) is 38.1 Å². The van der Waals surface area contributed by atoms with E-state index in [2.05, 4.69) is 0 Å². The lowest BCUT2D eigenvalue weighted by atomic mass is 10.1. The highest BCUT2D eigenvalue weighted by molar-refractivity contribution is 5.71. The number of carbonyl (C=O) groups is 3. The first kappa shape index (κ1) is 26.3. The van der Waals surface area contributed by atoms with E-state index in [0.717, 1.165) is 0 Å². The van der Waals surface area contributed by atoms with Crippen LogP contribution in [0.25, 0.3) is 0 Å². The van der Waals surface area contributed by atoms with Gasteiger partial charge in [-0.25, -0.2) is 0 Å². The third-order valence-electron chi connectivity index (χ3n) is 4.13. The number of aliphatic hydroxyl groups excluding tert-OH is 1. The minimum Gasteiger partial charge on any atom is -0.459 e. The fourth-order valence-electron chi connectivity index (χ4n) is 2.67. The highest BCUT2D eigenvalue weighted by Gasteiger charge is 2.50. The summed E-state index contributed by atoms with van der Waals surface area (Å²) < 4.78 is 27.3. The summed E-state index contributed by atoms with van der Waals surface area (Å²) in [6.07, 6.45) is 0.482. The highest BCUT2D eigenvalue weighted by atomic mass is 16.8. The largest absolute Gasteiger partial charge is 0.459 e. The van der Waals surface area contributed by atoms with E-state index in [1.165, 1.54) is 0 Å². The molecule has 0 radical (unpaired) electrons. The van der Waals surface area contributed by atoms with Gasteiger partial charge in [-0.15, -0.1) is 0 Å². The highest BCUT2D eigenvalue weighted by Crippen LogP contribution is 2.30. The Kier molecular flexibility index (Phi) is 10.2. The van der Waals surface area contributed by atoms with E-state index in [0.29, 0.717) is 0 Å². The molecule has 1 rings (SSSR count). The van der Waals surface area contributed by atoms with E-state index >= 15 is 0 Å². The van der Waals surface area contributed by atoms with Crippen LogP contribution in [0.5, 0.6) is 0 Å². The van der Waals surface area contributed by atoms with Gasteiger partial charge in [-0.1, -0.05) is 41.5 Å². The molecule has 0 aromatic carbocycles. The summed E-state index contributed by atoms with van der Waals surface area (Å²) >= 11 is 0. The molecular weight excluding hydrogens is 396 g/mol. The first-order valence-electron chi connectivity index (χ1n) is 10.4. The monoisotopic (exact) mass is 432 g/mol. The first-order chi connectivity index (χ1) is 13.9. The molecule has 1 saturated heterocycles. The SMILES string of the molecule is CC(C)CC(=O)OCC1(OC(=O)CC(C)C)COC(CO)(OC(=O)CC(C)C)CO1. The van der Waals surface area contributed by atoms with E-state index in [4.69, 9.17) is 23.7 Å². The van der Waals surface area contributed by atoms with Crippen LogP contribution in [0, 0.1) is 17.8 Å². The van der Waals surface area contributed by atoms with Crippen LogP contribution in [0.3, 0.4) is 0 Å². The van der Waals surface area contributed by atoms with Crippen molar-refractivity contribution in [2.24, 2.45) is 17.8 Å². The minimum absolute atomic E-state index is 0.0519. The lowest BCUT2D eigenvalue weighted by Gasteiger charge is -2.43. The van der Waals surface area contributed by atoms with Gasteiger partial charge in [-0.05, 0) is 17.8 Å². The summed E-state index contributed by atoms with van der Waals surface area (Å²) in [7, 11) is 0. The second kappa shape index (κ2) is 11.6. The van der Waals surface area contributed by atoms with Crippen molar-refractivity contribution in [3.63, 3.8) is 0 Å². The van der Waals surface area contributed by atoms with Crippen molar-refractivity contribution in [2.45, 2.75) is 72.4 Å². The topological polar surface area (TPSA) is 118 Å². The third-order valence-corrected chi connectivity index (χ3v) is 4.13. The molecule has 0 aliphatic carbocycles. The number of esters is 3. The van der Waals surface area contributed by atoms with Crippen molar-refractivity contribution < 1.29 is 43.2 Å². The summed E-state index contributed by atoms with van der Waals surface area (Å²) in [6, 6.07) is 0. The van der Waals surface area contributed by atoms with Crippen molar-refractivity contribution in [3.05, 3.63) is 0 Å². The number of aliphatic hydroxyl groups is 1. The quantitative estimate of drug-likeness (QED) is 0.387. The van der Waals surface area contributed by atoms with Crippen LogP contribution in [0.1, 0.15) is 60.8 Å². The van der Waals surface area contributed by atoms with Crippen LogP contribution in [0.4, 0.5) is 0 Å². The Balaban J connectivity index is 2.87. The molecule has 0 aromatic rings. The zero-order valence-electron chi connectivity index (χ0n) is 18.9. The van der Waals surface area contributed by atoms with Gasteiger partial charge in [0, 0.05) is 19.3 Å². The summed E-state index contributed by atoms with van der Waals surface area (Å²) in [4.78, 5) is 36.3. The van der Waals surface area contributed by atoms with Crippen molar-refractivity contribution in [1.29, 1.82) is 0 Å². The second-order valence-electron chi connectivity index (χ2n) is 8.96. The van der Waals surface area contributed by atoms with Gasteiger partial charge in [0.2, 0.25) is 0 Å². The summed E-state index contributed by atoms with van der Waals surface area (Å²) in [6.45, 7) is 9.42. The van der Waals surface area contributed by atoms with Crippen molar-refractivity contribution in [3.8, 4) is 0 Å². The zero-order chi connectivity index (χ0) is 22.9. The maximum Gasteiger partial charge on any atom is 0.308 e. The fourth-order valence-corrected chi connectivity index (χ4v) is 2.67. The van der Waals surface area contributed by atoms with E-state index in [-0.39, 0.29) is 56.8 Å². The second-order valence-corrected chi connectivity index (χ2v) is 8.96. The molecule has 2 atom stereocenters. The molecule has 1 heterocycles. The van der Waals surface area contributed by atoms with Gasteiger partial charge in [0.1, 0.15) is 19.8 Å². The molecule has 9 heteroatoms. The zero-order valence-corrected chi connectivity index (χ0v) is 18.9. The fraction of sp³-hybridized carbons (Fsp3) is 0.857. The van der Waals surface area contributed by atoms with Gasteiger partial charge in [-0.2, -0.15) is 0 Å². The number of ether oxygens (including phenoxy) is 5. The molecule has 0 saturated carbocycles. The molecule has 1 fully saturated rings. The van der Waals surface area contributed by atoms with Gasteiger partial charge < -0.3 is 28.8 Å². The lowest BCUT2D eigenvalue weighted by molar-refractivity contribution is -0.379. The molecule has 1 aliphatic heterocycles. The molecule has 2 unspecified atom stereocenters. The third kappa shape index (κ3) is 8.97. The smallest absolute Gasteiger partial charge is 0.308 e. The normalized spacial score (nSPS) is 24.2.